The van der Waals surface area contributed by atoms with Crippen molar-refractivity contribution in [1.82, 2.24) is 0 Å². The molecular formula is C11H19N. The van der Waals surface area contributed by atoms with Crippen LogP contribution in [-0.4, -0.2) is 0 Å². The molecule has 1 atom stereocenters. The third-order valence-corrected chi connectivity index (χ3v) is 3.16. The standard InChI is InChI=1S/C11H19N/c1-9(2)11(6-7-12)8-10-4-3-5-10/h9-11H,3-6,8H2,1-2H3. The van der Waals surface area contributed by atoms with E-state index < -0.39 is 0 Å². The predicted molar refractivity (Wildman–Crippen MR) is 50.5 cm³/mol. The summed E-state index contributed by atoms with van der Waals surface area (Å²) >= 11 is 0. The Hall–Kier alpha value is -0.510. The molecule has 0 amide bonds. The first-order valence-electron chi connectivity index (χ1n) is 5.11. The molecule has 1 fully saturated rings. The lowest BCUT2D eigenvalue weighted by Gasteiger charge is -2.30. The minimum Gasteiger partial charge on any atom is -0.198 e. The fourth-order valence-electron chi connectivity index (χ4n) is 1.87. The van der Waals surface area contributed by atoms with E-state index in [2.05, 4.69) is 19.9 Å². The van der Waals surface area contributed by atoms with Gasteiger partial charge in [0, 0.05) is 6.42 Å². The monoisotopic (exact) mass is 165 g/mol. The van der Waals surface area contributed by atoms with Crippen molar-refractivity contribution in [3.8, 4) is 6.07 Å². The summed E-state index contributed by atoms with van der Waals surface area (Å²) in [7, 11) is 0. The van der Waals surface area contributed by atoms with Crippen LogP contribution in [0.5, 0.6) is 0 Å². The highest BCUT2D eigenvalue weighted by molar-refractivity contribution is 4.81. The van der Waals surface area contributed by atoms with Crippen LogP contribution in [0, 0.1) is 29.1 Å². The molecule has 1 unspecified atom stereocenters. The van der Waals surface area contributed by atoms with Crippen LogP contribution in [0.25, 0.3) is 0 Å². The molecule has 0 bridgehead atoms. The van der Waals surface area contributed by atoms with Crippen molar-refractivity contribution in [2.75, 3.05) is 0 Å². The second kappa shape index (κ2) is 4.50. The fraction of sp³-hybridized carbons (Fsp3) is 0.909. The maximum atomic E-state index is 8.64. The van der Waals surface area contributed by atoms with Crippen molar-refractivity contribution in [3.63, 3.8) is 0 Å². The maximum absolute atomic E-state index is 8.64. The van der Waals surface area contributed by atoms with Gasteiger partial charge in [-0.25, -0.2) is 0 Å². The summed E-state index contributed by atoms with van der Waals surface area (Å²) in [5, 5.41) is 8.64. The summed E-state index contributed by atoms with van der Waals surface area (Å²) in [5.41, 5.74) is 0. The Morgan fingerprint density at radius 1 is 1.42 bits per heavy atom. The first kappa shape index (κ1) is 9.58. The minimum atomic E-state index is 0.653. The zero-order chi connectivity index (χ0) is 8.97. The normalized spacial score (nSPS) is 20.2. The Bertz CT molecular complexity index is 162. The molecule has 68 valence electrons. The van der Waals surface area contributed by atoms with E-state index in [0.717, 1.165) is 12.3 Å². The summed E-state index contributed by atoms with van der Waals surface area (Å²) < 4.78 is 0. The highest BCUT2D eigenvalue weighted by Gasteiger charge is 2.23. The van der Waals surface area contributed by atoms with E-state index in [1.807, 2.05) is 0 Å². The Kier molecular flexibility index (Phi) is 3.59. The number of nitriles is 1. The second-order valence-corrected chi connectivity index (χ2v) is 4.40. The average Bonchev–Trinajstić information content (AvgIpc) is 1.93. The van der Waals surface area contributed by atoms with Crippen molar-refractivity contribution in [2.45, 2.75) is 46.0 Å². The van der Waals surface area contributed by atoms with E-state index in [9.17, 15) is 0 Å². The van der Waals surface area contributed by atoms with Gasteiger partial charge in [-0.15, -0.1) is 0 Å². The quantitative estimate of drug-likeness (QED) is 0.626. The van der Waals surface area contributed by atoms with Gasteiger partial charge in [0.05, 0.1) is 6.07 Å². The lowest BCUT2D eigenvalue weighted by atomic mass is 9.75. The fourth-order valence-corrected chi connectivity index (χ4v) is 1.87. The van der Waals surface area contributed by atoms with E-state index in [1.54, 1.807) is 0 Å². The van der Waals surface area contributed by atoms with Gasteiger partial charge in [0.15, 0.2) is 0 Å². The highest BCUT2D eigenvalue weighted by atomic mass is 14.3. The Morgan fingerprint density at radius 2 is 2.08 bits per heavy atom. The first-order chi connectivity index (χ1) is 5.74. The van der Waals surface area contributed by atoms with E-state index in [0.29, 0.717) is 11.8 Å². The Morgan fingerprint density at radius 3 is 2.42 bits per heavy atom. The molecule has 1 aliphatic carbocycles. The van der Waals surface area contributed by atoms with E-state index in [1.165, 1.54) is 25.7 Å². The molecule has 1 heteroatoms. The minimum absolute atomic E-state index is 0.653. The summed E-state index contributed by atoms with van der Waals surface area (Å²) in [6.07, 6.45) is 6.30. The third kappa shape index (κ3) is 2.52. The van der Waals surface area contributed by atoms with Crippen molar-refractivity contribution >= 4 is 0 Å². The molecule has 0 heterocycles. The topological polar surface area (TPSA) is 23.8 Å². The number of nitrogens with zero attached hydrogens (tertiary/aromatic N) is 1. The zero-order valence-electron chi connectivity index (χ0n) is 8.21. The van der Waals surface area contributed by atoms with E-state index in [4.69, 9.17) is 5.26 Å². The number of rotatable bonds is 4. The molecule has 1 nitrogen and oxygen atoms in total. The van der Waals surface area contributed by atoms with Crippen LogP contribution in [0.1, 0.15) is 46.0 Å². The summed E-state index contributed by atoms with van der Waals surface area (Å²) in [6.45, 7) is 4.47. The van der Waals surface area contributed by atoms with Crippen molar-refractivity contribution in [2.24, 2.45) is 17.8 Å². The predicted octanol–water partition coefficient (Wildman–Crippen LogP) is 3.36. The molecule has 0 aromatic carbocycles. The van der Waals surface area contributed by atoms with Gasteiger partial charge in [-0.2, -0.15) is 5.26 Å². The van der Waals surface area contributed by atoms with Crippen LogP contribution >= 0.6 is 0 Å². The number of hydrogen-bond acceptors (Lipinski definition) is 1. The van der Waals surface area contributed by atoms with Gasteiger partial charge < -0.3 is 0 Å². The Labute approximate surface area is 75.8 Å². The smallest absolute Gasteiger partial charge is 0.0624 e. The number of hydrogen-bond donors (Lipinski definition) is 0. The molecule has 0 saturated heterocycles. The van der Waals surface area contributed by atoms with Crippen LogP contribution in [-0.2, 0) is 0 Å². The van der Waals surface area contributed by atoms with Crippen molar-refractivity contribution in [1.29, 1.82) is 5.26 Å². The van der Waals surface area contributed by atoms with Gasteiger partial charge in [-0.3, -0.25) is 0 Å². The third-order valence-electron chi connectivity index (χ3n) is 3.16. The lowest BCUT2D eigenvalue weighted by molar-refractivity contribution is 0.219. The van der Waals surface area contributed by atoms with Crippen molar-refractivity contribution in [3.05, 3.63) is 0 Å². The molecule has 0 aromatic heterocycles. The molecule has 12 heavy (non-hydrogen) atoms. The lowest BCUT2D eigenvalue weighted by Crippen LogP contribution is -2.19. The first-order valence-corrected chi connectivity index (χ1v) is 5.11. The van der Waals surface area contributed by atoms with Crippen LogP contribution < -0.4 is 0 Å². The van der Waals surface area contributed by atoms with Crippen LogP contribution in [0.2, 0.25) is 0 Å². The van der Waals surface area contributed by atoms with E-state index in [-0.39, 0.29) is 0 Å². The molecular weight excluding hydrogens is 146 g/mol. The molecule has 1 rings (SSSR count). The van der Waals surface area contributed by atoms with Gasteiger partial charge in [0.2, 0.25) is 0 Å². The van der Waals surface area contributed by atoms with Gasteiger partial charge in [-0.1, -0.05) is 33.1 Å². The van der Waals surface area contributed by atoms with Crippen LogP contribution in [0.3, 0.4) is 0 Å². The maximum Gasteiger partial charge on any atom is 0.0624 e. The van der Waals surface area contributed by atoms with Crippen LogP contribution in [0.4, 0.5) is 0 Å². The largest absolute Gasteiger partial charge is 0.198 e. The summed E-state index contributed by atoms with van der Waals surface area (Å²) in [4.78, 5) is 0. The molecule has 0 spiro atoms. The molecule has 0 aliphatic heterocycles. The molecule has 0 aromatic rings. The zero-order valence-corrected chi connectivity index (χ0v) is 8.21. The molecule has 0 N–H and O–H groups in total. The molecule has 1 aliphatic rings. The highest BCUT2D eigenvalue weighted by Crippen LogP contribution is 2.35. The molecule has 0 radical (unpaired) electrons. The van der Waals surface area contributed by atoms with Gasteiger partial charge in [0.1, 0.15) is 0 Å². The molecule has 1 saturated carbocycles. The van der Waals surface area contributed by atoms with Gasteiger partial charge >= 0.3 is 0 Å². The van der Waals surface area contributed by atoms with Gasteiger partial charge in [0.25, 0.3) is 0 Å². The average molecular weight is 165 g/mol. The van der Waals surface area contributed by atoms with Crippen LogP contribution in [0.15, 0.2) is 0 Å². The Balaban J connectivity index is 2.27. The summed E-state index contributed by atoms with van der Waals surface area (Å²) in [6, 6.07) is 2.30. The summed E-state index contributed by atoms with van der Waals surface area (Å²) in [5.74, 6) is 2.29. The van der Waals surface area contributed by atoms with Gasteiger partial charge in [-0.05, 0) is 24.2 Å². The van der Waals surface area contributed by atoms with Crippen molar-refractivity contribution < 1.29 is 0 Å². The van der Waals surface area contributed by atoms with E-state index >= 15 is 0 Å². The SMILES string of the molecule is CC(C)C(CC#N)CC1CCC1. The second-order valence-electron chi connectivity index (χ2n) is 4.40.